The fraction of sp³-hybridized carbons (Fsp3) is 0.389. The van der Waals surface area contributed by atoms with E-state index in [-0.39, 0.29) is 12.1 Å². The number of rotatable bonds is 8. The average molecular weight is 379 g/mol. The van der Waals surface area contributed by atoms with Gasteiger partial charge in [0.05, 0.1) is 6.54 Å². The highest BCUT2D eigenvalue weighted by molar-refractivity contribution is 6.31. The zero-order valence-corrected chi connectivity index (χ0v) is 15.7. The SMILES string of the molecule is CCN(CC)CCNC(=O)c1c[nH]c(=O)n(Cc2ccccc2Cl)c1=O. The van der Waals surface area contributed by atoms with Crippen molar-refractivity contribution < 1.29 is 4.79 Å². The fourth-order valence-corrected chi connectivity index (χ4v) is 2.77. The molecule has 0 spiro atoms. The number of carbonyl (C=O) groups excluding carboxylic acids is 1. The van der Waals surface area contributed by atoms with Gasteiger partial charge in [0.2, 0.25) is 0 Å². The Labute approximate surface area is 156 Å². The molecule has 1 aromatic carbocycles. The zero-order chi connectivity index (χ0) is 19.1. The van der Waals surface area contributed by atoms with E-state index in [9.17, 15) is 14.4 Å². The molecule has 0 atom stereocenters. The van der Waals surface area contributed by atoms with Gasteiger partial charge < -0.3 is 15.2 Å². The summed E-state index contributed by atoms with van der Waals surface area (Å²) in [5.74, 6) is -0.508. The second kappa shape index (κ2) is 9.35. The molecule has 2 N–H and O–H groups in total. The summed E-state index contributed by atoms with van der Waals surface area (Å²) < 4.78 is 0.973. The second-order valence-corrected chi connectivity index (χ2v) is 6.18. The van der Waals surface area contributed by atoms with Crippen LogP contribution in [0.1, 0.15) is 29.8 Å². The quantitative estimate of drug-likeness (QED) is 0.725. The van der Waals surface area contributed by atoms with Crippen molar-refractivity contribution in [3.8, 4) is 0 Å². The van der Waals surface area contributed by atoms with E-state index < -0.39 is 17.2 Å². The monoisotopic (exact) mass is 378 g/mol. The number of hydrogen-bond donors (Lipinski definition) is 2. The normalized spacial score (nSPS) is 10.9. The van der Waals surface area contributed by atoms with Crippen LogP contribution in [0, 0.1) is 0 Å². The van der Waals surface area contributed by atoms with Gasteiger partial charge in [-0.3, -0.25) is 14.2 Å². The van der Waals surface area contributed by atoms with Crippen LogP contribution in [-0.4, -0.2) is 46.5 Å². The summed E-state index contributed by atoms with van der Waals surface area (Å²) in [7, 11) is 0. The Balaban J connectivity index is 2.18. The largest absolute Gasteiger partial charge is 0.351 e. The third-order valence-corrected chi connectivity index (χ3v) is 4.57. The van der Waals surface area contributed by atoms with E-state index in [0.29, 0.717) is 23.7 Å². The molecule has 0 saturated heterocycles. The van der Waals surface area contributed by atoms with Crippen molar-refractivity contribution in [3.63, 3.8) is 0 Å². The molecular formula is C18H23ClN4O3. The summed E-state index contributed by atoms with van der Waals surface area (Å²) >= 11 is 6.10. The predicted molar refractivity (Wildman–Crippen MR) is 102 cm³/mol. The minimum atomic E-state index is -0.644. The van der Waals surface area contributed by atoms with E-state index in [1.165, 1.54) is 0 Å². The highest BCUT2D eigenvalue weighted by Gasteiger charge is 2.15. The molecule has 0 bridgehead atoms. The van der Waals surface area contributed by atoms with Crippen LogP contribution >= 0.6 is 11.6 Å². The lowest BCUT2D eigenvalue weighted by molar-refractivity contribution is 0.0946. The Morgan fingerprint density at radius 2 is 1.92 bits per heavy atom. The van der Waals surface area contributed by atoms with Gasteiger partial charge in [0, 0.05) is 24.3 Å². The molecule has 0 aliphatic heterocycles. The van der Waals surface area contributed by atoms with Crippen LogP contribution in [-0.2, 0) is 6.54 Å². The number of nitrogens with one attached hydrogen (secondary N) is 2. The number of aromatic nitrogens is 2. The van der Waals surface area contributed by atoms with Gasteiger partial charge in [-0.05, 0) is 24.7 Å². The van der Waals surface area contributed by atoms with Gasteiger partial charge in [0.1, 0.15) is 5.56 Å². The van der Waals surface area contributed by atoms with Gasteiger partial charge in [-0.25, -0.2) is 4.79 Å². The van der Waals surface area contributed by atoms with E-state index in [2.05, 4.69) is 15.2 Å². The molecule has 0 aliphatic carbocycles. The van der Waals surface area contributed by atoms with Crippen molar-refractivity contribution in [2.45, 2.75) is 20.4 Å². The highest BCUT2D eigenvalue weighted by Crippen LogP contribution is 2.14. The lowest BCUT2D eigenvalue weighted by Crippen LogP contribution is -2.42. The molecule has 8 heteroatoms. The number of H-pyrrole nitrogens is 1. The second-order valence-electron chi connectivity index (χ2n) is 5.77. The smallest absolute Gasteiger partial charge is 0.328 e. The first kappa shape index (κ1) is 19.9. The van der Waals surface area contributed by atoms with Crippen LogP contribution in [0.25, 0.3) is 0 Å². The molecule has 0 fully saturated rings. The predicted octanol–water partition coefficient (Wildman–Crippen LogP) is 1.31. The molecule has 2 rings (SSSR count). The van der Waals surface area contributed by atoms with Crippen molar-refractivity contribution in [3.05, 3.63) is 67.4 Å². The van der Waals surface area contributed by atoms with E-state index in [1.54, 1.807) is 24.3 Å². The van der Waals surface area contributed by atoms with Gasteiger partial charge in [-0.2, -0.15) is 0 Å². The summed E-state index contributed by atoms with van der Waals surface area (Å²) in [5, 5.41) is 3.17. The molecule has 2 aromatic rings. The van der Waals surface area contributed by atoms with Crippen LogP contribution in [0.2, 0.25) is 5.02 Å². The zero-order valence-electron chi connectivity index (χ0n) is 14.9. The lowest BCUT2D eigenvalue weighted by Gasteiger charge is -2.17. The maximum atomic E-state index is 12.6. The summed E-state index contributed by atoms with van der Waals surface area (Å²) in [6, 6.07) is 6.94. The van der Waals surface area contributed by atoms with Crippen molar-refractivity contribution in [2.75, 3.05) is 26.2 Å². The minimum Gasteiger partial charge on any atom is -0.351 e. The number of halogens is 1. The number of amides is 1. The molecule has 0 saturated carbocycles. The van der Waals surface area contributed by atoms with Crippen LogP contribution < -0.4 is 16.6 Å². The van der Waals surface area contributed by atoms with Crippen LogP contribution in [0.4, 0.5) is 0 Å². The Kier molecular flexibility index (Phi) is 7.17. The number of hydrogen-bond acceptors (Lipinski definition) is 4. The number of nitrogens with zero attached hydrogens (tertiary/aromatic N) is 2. The topological polar surface area (TPSA) is 87.2 Å². The Morgan fingerprint density at radius 1 is 1.23 bits per heavy atom. The number of carbonyl (C=O) groups is 1. The highest BCUT2D eigenvalue weighted by atomic mass is 35.5. The van der Waals surface area contributed by atoms with Crippen molar-refractivity contribution in [2.24, 2.45) is 0 Å². The standard InChI is InChI=1S/C18H23ClN4O3/c1-3-22(4-2)10-9-20-16(24)14-11-21-18(26)23(17(14)25)12-13-7-5-6-8-15(13)19/h5-8,11H,3-4,9-10,12H2,1-2H3,(H,20,24)(H,21,26). The number of benzene rings is 1. The molecule has 26 heavy (non-hydrogen) atoms. The van der Waals surface area contributed by atoms with Crippen LogP contribution in [0.5, 0.6) is 0 Å². The molecule has 0 aliphatic rings. The van der Waals surface area contributed by atoms with E-state index in [4.69, 9.17) is 11.6 Å². The summed E-state index contributed by atoms with van der Waals surface area (Å²) in [5.41, 5.74) is -0.708. The molecule has 1 heterocycles. The molecule has 7 nitrogen and oxygen atoms in total. The molecule has 140 valence electrons. The van der Waals surface area contributed by atoms with Crippen molar-refractivity contribution >= 4 is 17.5 Å². The number of aromatic amines is 1. The Hall–Kier alpha value is -2.38. The average Bonchev–Trinajstić information content (AvgIpc) is 2.63. The lowest BCUT2D eigenvalue weighted by atomic mass is 10.2. The van der Waals surface area contributed by atoms with Gasteiger partial charge >= 0.3 is 5.69 Å². The van der Waals surface area contributed by atoms with Crippen LogP contribution in [0.3, 0.4) is 0 Å². The number of likely N-dealkylation sites (N-methyl/N-ethyl adjacent to an activating group) is 1. The van der Waals surface area contributed by atoms with E-state index in [1.807, 2.05) is 13.8 Å². The Bertz CT molecular complexity index is 871. The van der Waals surface area contributed by atoms with Gasteiger partial charge in [-0.1, -0.05) is 43.6 Å². The third kappa shape index (κ3) is 4.83. The van der Waals surface area contributed by atoms with Crippen molar-refractivity contribution in [1.29, 1.82) is 0 Å². The van der Waals surface area contributed by atoms with Gasteiger partial charge in [-0.15, -0.1) is 0 Å². The maximum absolute atomic E-state index is 12.6. The molecule has 1 amide bonds. The first-order chi connectivity index (χ1) is 12.5. The summed E-state index contributed by atoms with van der Waals surface area (Å²) in [6.45, 7) is 6.96. The first-order valence-electron chi connectivity index (χ1n) is 8.54. The molecular weight excluding hydrogens is 356 g/mol. The van der Waals surface area contributed by atoms with E-state index in [0.717, 1.165) is 23.9 Å². The molecule has 1 aromatic heterocycles. The molecule has 0 unspecified atom stereocenters. The van der Waals surface area contributed by atoms with Gasteiger partial charge in [0.25, 0.3) is 11.5 Å². The summed E-state index contributed by atoms with van der Waals surface area (Å²) in [6.07, 6.45) is 1.15. The van der Waals surface area contributed by atoms with Crippen molar-refractivity contribution in [1.82, 2.24) is 19.8 Å². The maximum Gasteiger partial charge on any atom is 0.328 e. The van der Waals surface area contributed by atoms with E-state index >= 15 is 0 Å². The molecule has 0 radical (unpaired) electrons. The summed E-state index contributed by atoms with van der Waals surface area (Å²) in [4.78, 5) is 41.5. The van der Waals surface area contributed by atoms with Crippen LogP contribution in [0.15, 0.2) is 40.1 Å². The minimum absolute atomic E-state index is 0.00555. The first-order valence-corrected chi connectivity index (χ1v) is 8.92. The fourth-order valence-electron chi connectivity index (χ4n) is 2.58. The Morgan fingerprint density at radius 3 is 2.58 bits per heavy atom. The van der Waals surface area contributed by atoms with Gasteiger partial charge in [0.15, 0.2) is 0 Å². The third-order valence-electron chi connectivity index (χ3n) is 4.20.